The highest BCUT2D eigenvalue weighted by atomic mass is 32.1. The molecule has 48 heavy (non-hydrogen) atoms. The van der Waals surface area contributed by atoms with Gasteiger partial charge in [0.2, 0.25) is 0 Å². The second kappa shape index (κ2) is 12.0. The van der Waals surface area contributed by atoms with Gasteiger partial charge >= 0.3 is 0 Å². The van der Waals surface area contributed by atoms with Gasteiger partial charge < -0.3 is 4.90 Å². The molecular weight excluding hydrogens is 599 g/mol. The van der Waals surface area contributed by atoms with E-state index < -0.39 is 0 Å². The molecule has 2 heteroatoms. The highest BCUT2D eigenvalue weighted by Crippen LogP contribution is 2.44. The summed E-state index contributed by atoms with van der Waals surface area (Å²) in [5, 5.41) is 5.14. The Kier molecular flexibility index (Phi) is 7.07. The van der Waals surface area contributed by atoms with Crippen molar-refractivity contribution in [3.8, 4) is 33.4 Å². The van der Waals surface area contributed by atoms with E-state index in [1.54, 1.807) is 0 Å². The van der Waals surface area contributed by atoms with Gasteiger partial charge in [0.15, 0.2) is 0 Å². The number of nitrogens with zero attached hydrogens (tertiary/aromatic N) is 1. The van der Waals surface area contributed by atoms with E-state index in [-0.39, 0.29) is 0 Å². The van der Waals surface area contributed by atoms with Crippen LogP contribution in [0.2, 0.25) is 0 Å². The molecule has 0 unspecified atom stereocenters. The van der Waals surface area contributed by atoms with E-state index in [1.165, 1.54) is 70.0 Å². The molecule has 0 fully saturated rings. The van der Waals surface area contributed by atoms with Crippen molar-refractivity contribution in [2.75, 3.05) is 4.90 Å². The van der Waals surface area contributed by atoms with Gasteiger partial charge in [0, 0.05) is 26.8 Å². The van der Waals surface area contributed by atoms with E-state index in [4.69, 9.17) is 0 Å². The molecule has 0 spiro atoms. The van der Waals surface area contributed by atoms with Crippen LogP contribution in [-0.2, 0) is 0 Å². The first-order valence-electron chi connectivity index (χ1n) is 16.3. The van der Waals surface area contributed by atoms with Crippen molar-refractivity contribution in [2.24, 2.45) is 0 Å². The predicted octanol–water partition coefficient (Wildman–Crippen LogP) is 13.7. The van der Waals surface area contributed by atoms with Gasteiger partial charge in [-0.25, -0.2) is 0 Å². The largest absolute Gasteiger partial charge is 0.309 e. The molecule has 0 aliphatic carbocycles. The zero-order valence-electron chi connectivity index (χ0n) is 26.3. The lowest BCUT2D eigenvalue weighted by atomic mass is 9.96. The lowest BCUT2D eigenvalue weighted by molar-refractivity contribution is 1.30. The molecule has 0 bridgehead atoms. The molecule has 0 amide bonds. The van der Waals surface area contributed by atoms with Gasteiger partial charge in [0.25, 0.3) is 0 Å². The van der Waals surface area contributed by atoms with Crippen LogP contribution in [0.5, 0.6) is 0 Å². The second-order valence-electron chi connectivity index (χ2n) is 12.2. The number of fused-ring (bicyclic) bond motifs is 4. The Hall–Kier alpha value is -5.96. The van der Waals surface area contributed by atoms with Gasteiger partial charge in [-0.15, -0.1) is 11.3 Å². The van der Waals surface area contributed by atoms with E-state index in [1.807, 2.05) is 11.3 Å². The smallest absolute Gasteiger partial charge is 0.0640 e. The highest BCUT2D eigenvalue weighted by Gasteiger charge is 2.18. The lowest BCUT2D eigenvalue weighted by Crippen LogP contribution is -2.09. The zero-order chi connectivity index (χ0) is 31.9. The van der Waals surface area contributed by atoms with Gasteiger partial charge in [-0.3, -0.25) is 0 Å². The van der Waals surface area contributed by atoms with Crippen LogP contribution < -0.4 is 4.90 Å². The number of thiophene rings is 1. The summed E-state index contributed by atoms with van der Waals surface area (Å²) in [4.78, 5) is 2.38. The summed E-state index contributed by atoms with van der Waals surface area (Å²) >= 11 is 1.86. The lowest BCUT2D eigenvalue weighted by Gasteiger charge is -2.26. The molecule has 1 nitrogen and oxygen atoms in total. The zero-order valence-corrected chi connectivity index (χ0v) is 27.1. The Labute approximate surface area is 284 Å². The van der Waals surface area contributed by atoms with Gasteiger partial charge in [0.05, 0.1) is 10.4 Å². The summed E-state index contributed by atoms with van der Waals surface area (Å²) in [6.45, 7) is 0. The third-order valence-corrected chi connectivity index (χ3v) is 10.5. The first kappa shape index (κ1) is 28.3. The van der Waals surface area contributed by atoms with Crippen LogP contribution in [0.3, 0.4) is 0 Å². The number of anilines is 3. The maximum atomic E-state index is 2.38. The SMILES string of the molecule is c1ccc(N(c2ccc(-c3ccc(-c4cccc(-c5ccc6ccccc6c5)c4)cc3)cc2)c2cccc3c2sc2ccccc23)cc1. The molecular formula is C46H31NS. The Morgan fingerprint density at radius 3 is 1.67 bits per heavy atom. The maximum Gasteiger partial charge on any atom is 0.0640 e. The van der Waals surface area contributed by atoms with E-state index in [2.05, 4.69) is 193 Å². The fourth-order valence-electron chi connectivity index (χ4n) is 6.82. The highest BCUT2D eigenvalue weighted by molar-refractivity contribution is 7.26. The van der Waals surface area contributed by atoms with Gasteiger partial charge in [-0.2, -0.15) is 0 Å². The normalized spacial score (nSPS) is 11.3. The summed E-state index contributed by atoms with van der Waals surface area (Å²) in [5.41, 5.74) is 10.8. The average Bonchev–Trinajstić information content (AvgIpc) is 3.55. The quantitative estimate of drug-likeness (QED) is 0.177. The predicted molar refractivity (Wildman–Crippen MR) is 208 cm³/mol. The number of rotatable bonds is 6. The van der Waals surface area contributed by atoms with Gasteiger partial charge in [0.1, 0.15) is 0 Å². The fraction of sp³-hybridized carbons (Fsp3) is 0. The Balaban J connectivity index is 1.03. The Bertz CT molecular complexity index is 2540. The molecule has 0 aliphatic rings. The van der Waals surface area contributed by atoms with Crippen LogP contribution >= 0.6 is 11.3 Å². The van der Waals surface area contributed by atoms with Crippen molar-refractivity contribution in [1.29, 1.82) is 0 Å². The van der Waals surface area contributed by atoms with Crippen molar-refractivity contribution in [2.45, 2.75) is 0 Å². The molecule has 0 aliphatic heterocycles. The Morgan fingerprint density at radius 2 is 0.875 bits per heavy atom. The van der Waals surface area contributed by atoms with E-state index in [9.17, 15) is 0 Å². The third-order valence-electron chi connectivity index (χ3n) is 9.26. The minimum absolute atomic E-state index is 1.14. The molecule has 0 atom stereocenters. The number of hydrogen-bond acceptors (Lipinski definition) is 2. The molecule has 0 N–H and O–H groups in total. The number of hydrogen-bond donors (Lipinski definition) is 0. The van der Waals surface area contributed by atoms with Crippen LogP contribution in [0.1, 0.15) is 0 Å². The van der Waals surface area contributed by atoms with Crippen LogP contribution in [0, 0.1) is 0 Å². The second-order valence-corrected chi connectivity index (χ2v) is 13.2. The molecule has 1 aromatic heterocycles. The monoisotopic (exact) mass is 629 g/mol. The molecule has 9 aromatic rings. The van der Waals surface area contributed by atoms with Crippen LogP contribution in [0.4, 0.5) is 17.1 Å². The van der Waals surface area contributed by atoms with Gasteiger partial charge in [-0.1, -0.05) is 140 Å². The standard InChI is InChI=1S/C46H31NS/c1-2-14-40(15-3-1)47(44-18-9-17-43-42-16-6-7-19-45(42)48-46(43)44)41-28-26-34(27-29-41)33-20-22-35(23-21-33)37-12-8-13-38(30-37)39-25-24-32-10-4-5-11-36(32)31-39/h1-31H. The summed E-state index contributed by atoms with van der Waals surface area (Å²) in [6.07, 6.45) is 0. The molecule has 0 saturated heterocycles. The van der Waals surface area contributed by atoms with Crippen molar-refractivity contribution < 1.29 is 0 Å². The summed E-state index contributed by atoms with van der Waals surface area (Å²) < 4.78 is 2.61. The summed E-state index contributed by atoms with van der Waals surface area (Å²) in [6, 6.07) is 68.1. The molecule has 226 valence electrons. The van der Waals surface area contributed by atoms with Gasteiger partial charge in [-0.05, 0) is 92.7 Å². The first-order valence-corrected chi connectivity index (χ1v) is 17.2. The minimum Gasteiger partial charge on any atom is -0.309 e. The summed E-state index contributed by atoms with van der Waals surface area (Å²) in [5.74, 6) is 0. The Morgan fingerprint density at radius 1 is 0.333 bits per heavy atom. The maximum absolute atomic E-state index is 2.38. The van der Waals surface area contributed by atoms with Crippen molar-refractivity contribution in [1.82, 2.24) is 0 Å². The molecule has 0 saturated carbocycles. The molecule has 0 radical (unpaired) electrons. The van der Waals surface area contributed by atoms with Crippen LogP contribution in [0.25, 0.3) is 64.3 Å². The first-order chi connectivity index (χ1) is 23.8. The van der Waals surface area contributed by atoms with Crippen LogP contribution in [-0.4, -0.2) is 0 Å². The van der Waals surface area contributed by atoms with Crippen molar-refractivity contribution >= 4 is 59.3 Å². The third kappa shape index (κ3) is 5.13. The fourth-order valence-corrected chi connectivity index (χ4v) is 8.02. The van der Waals surface area contributed by atoms with Crippen molar-refractivity contribution in [3.63, 3.8) is 0 Å². The van der Waals surface area contributed by atoms with Crippen LogP contribution in [0.15, 0.2) is 188 Å². The molecule has 9 rings (SSSR count). The minimum atomic E-state index is 1.14. The molecule has 1 heterocycles. The van der Waals surface area contributed by atoms with Crippen molar-refractivity contribution in [3.05, 3.63) is 188 Å². The number of benzene rings is 8. The van der Waals surface area contributed by atoms with E-state index >= 15 is 0 Å². The molecule has 8 aromatic carbocycles. The van der Waals surface area contributed by atoms with E-state index in [0.717, 1.165) is 11.4 Å². The average molecular weight is 630 g/mol. The number of para-hydroxylation sites is 1. The summed E-state index contributed by atoms with van der Waals surface area (Å²) in [7, 11) is 0. The van der Waals surface area contributed by atoms with E-state index in [0.29, 0.717) is 0 Å². The topological polar surface area (TPSA) is 3.24 Å².